The minimum atomic E-state index is -0.751. The van der Waals surface area contributed by atoms with E-state index in [1.54, 1.807) is 6.07 Å². The fourth-order valence-corrected chi connectivity index (χ4v) is 3.38. The SMILES string of the molecule is O=C(O)C1CNC(c2c(O)ccc3c2CCCC3)C1. The summed E-state index contributed by atoms with van der Waals surface area (Å²) in [4.78, 5) is 11.0. The quantitative estimate of drug-likeness (QED) is 0.761. The molecule has 1 saturated heterocycles. The Morgan fingerprint density at radius 2 is 2.05 bits per heavy atom. The molecule has 1 fully saturated rings. The number of benzene rings is 1. The number of phenols is 1. The maximum Gasteiger partial charge on any atom is 0.307 e. The van der Waals surface area contributed by atoms with E-state index in [1.807, 2.05) is 6.07 Å². The molecule has 102 valence electrons. The van der Waals surface area contributed by atoms with Gasteiger partial charge in [-0.05, 0) is 49.3 Å². The third-order valence-corrected chi connectivity index (χ3v) is 4.38. The van der Waals surface area contributed by atoms with Crippen LogP contribution >= 0.6 is 0 Å². The largest absolute Gasteiger partial charge is 0.508 e. The van der Waals surface area contributed by atoms with Crippen molar-refractivity contribution >= 4 is 5.97 Å². The van der Waals surface area contributed by atoms with Gasteiger partial charge < -0.3 is 15.5 Å². The first kappa shape index (κ1) is 12.5. The number of rotatable bonds is 2. The molecule has 1 aromatic rings. The molecule has 1 aromatic carbocycles. The Balaban J connectivity index is 1.94. The average Bonchev–Trinajstić information content (AvgIpc) is 2.88. The predicted molar refractivity (Wildman–Crippen MR) is 71.2 cm³/mol. The highest BCUT2D eigenvalue weighted by molar-refractivity contribution is 5.71. The van der Waals surface area contributed by atoms with E-state index in [0.29, 0.717) is 18.7 Å². The minimum Gasteiger partial charge on any atom is -0.508 e. The Morgan fingerprint density at radius 3 is 2.79 bits per heavy atom. The first-order valence-corrected chi connectivity index (χ1v) is 6.96. The number of phenolic OH excluding ortho intramolecular Hbond substituents is 1. The summed E-state index contributed by atoms with van der Waals surface area (Å²) >= 11 is 0. The van der Waals surface area contributed by atoms with Crippen molar-refractivity contribution in [1.82, 2.24) is 5.32 Å². The number of carboxylic acid groups (broad SMARTS) is 1. The molecule has 0 spiro atoms. The van der Waals surface area contributed by atoms with Crippen molar-refractivity contribution in [2.45, 2.75) is 38.1 Å². The van der Waals surface area contributed by atoms with E-state index < -0.39 is 5.97 Å². The van der Waals surface area contributed by atoms with Gasteiger partial charge in [-0.1, -0.05) is 6.07 Å². The van der Waals surface area contributed by atoms with Crippen LogP contribution in [-0.2, 0) is 17.6 Å². The van der Waals surface area contributed by atoms with Gasteiger partial charge in [-0.3, -0.25) is 4.79 Å². The Labute approximate surface area is 112 Å². The highest BCUT2D eigenvalue weighted by atomic mass is 16.4. The highest BCUT2D eigenvalue weighted by Gasteiger charge is 2.33. The van der Waals surface area contributed by atoms with E-state index in [-0.39, 0.29) is 12.0 Å². The van der Waals surface area contributed by atoms with E-state index >= 15 is 0 Å². The van der Waals surface area contributed by atoms with Crippen LogP contribution in [0, 0.1) is 5.92 Å². The van der Waals surface area contributed by atoms with Crippen LogP contribution in [-0.4, -0.2) is 22.7 Å². The zero-order valence-electron chi connectivity index (χ0n) is 10.9. The van der Waals surface area contributed by atoms with Crippen LogP contribution in [0.4, 0.5) is 0 Å². The molecule has 3 rings (SSSR count). The first-order valence-electron chi connectivity index (χ1n) is 6.96. The van der Waals surface area contributed by atoms with Gasteiger partial charge in [0.25, 0.3) is 0 Å². The fraction of sp³-hybridized carbons (Fsp3) is 0.533. The zero-order valence-corrected chi connectivity index (χ0v) is 10.9. The summed E-state index contributed by atoms with van der Waals surface area (Å²) < 4.78 is 0. The second-order valence-corrected chi connectivity index (χ2v) is 5.57. The number of aryl methyl sites for hydroxylation is 1. The number of nitrogens with one attached hydrogen (secondary N) is 1. The second-order valence-electron chi connectivity index (χ2n) is 5.57. The van der Waals surface area contributed by atoms with E-state index in [0.717, 1.165) is 24.8 Å². The lowest BCUT2D eigenvalue weighted by Gasteiger charge is -2.23. The molecule has 3 N–H and O–H groups in total. The average molecular weight is 261 g/mol. The number of aromatic hydroxyl groups is 1. The topological polar surface area (TPSA) is 69.6 Å². The van der Waals surface area contributed by atoms with Crippen LogP contribution in [0.25, 0.3) is 0 Å². The number of hydrogen-bond acceptors (Lipinski definition) is 3. The van der Waals surface area contributed by atoms with Crippen LogP contribution in [0.1, 0.15) is 42.0 Å². The van der Waals surface area contributed by atoms with Gasteiger partial charge in [-0.15, -0.1) is 0 Å². The van der Waals surface area contributed by atoms with E-state index in [4.69, 9.17) is 5.11 Å². The summed E-state index contributed by atoms with van der Waals surface area (Å²) in [5.74, 6) is -0.785. The molecule has 2 unspecified atom stereocenters. The zero-order chi connectivity index (χ0) is 13.4. The van der Waals surface area contributed by atoms with Crippen molar-refractivity contribution in [1.29, 1.82) is 0 Å². The highest BCUT2D eigenvalue weighted by Crippen LogP contribution is 2.39. The molecule has 4 nitrogen and oxygen atoms in total. The fourth-order valence-electron chi connectivity index (χ4n) is 3.38. The summed E-state index contributed by atoms with van der Waals surface area (Å²) in [6, 6.07) is 3.75. The van der Waals surface area contributed by atoms with Crippen LogP contribution < -0.4 is 5.32 Å². The predicted octanol–water partition coefficient (Wildman–Crippen LogP) is 2.01. The molecule has 0 amide bonds. The van der Waals surface area contributed by atoms with Crippen molar-refractivity contribution in [3.8, 4) is 5.75 Å². The minimum absolute atomic E-state index is 0.0193. The van der Waals surface area contributed by atoms with E-state index in [1.165, 1.54) is 17.5 Å². The Bertz CT molecular complexity index is 512. The Hall–Kier alpha value is -1.55. The van der Waals surface area contributed by atoms with Gasteiger partial charge in [0.1, 0.15) is 5.75 Å². The Kier molecular flexibility index (Phi) is 3.19. The standard InChI is InChI=1S/C15H19NO3/c17-13-6-5-9-3-1-2-4-11(9)14(13)12-7-10(8-16-12)15(18)19/h5-6,10,12,16-17H,1-4,7-8H2,(H,18,19). The summed E-state index contributed by atoms with van der Waals surface area (Å²) in [7, 11) is 0. The van der Waals surface area contributed by atoms with E-state index in [2.05, 4.69) is 5.32 Å². The number of aliphatic carboxylic acids is 1. The summed E-state index contributed by atoms with van der Waals surface area (Å²) in [6.07, 6.45) is 4.98. The summed E-state index contributed by atoms with van der Waals surface area (Å²) in [6.45, 7) is 0.489. The lowest BCUT2D eigenvalue weighted by atomic mass is 9.84. The third-order valence-electron chi connectivity index (χ3n) is 4.38. The summed E-state index contributed by atoms with van der Waals surface area (Å²) in [5.41, 5.74) is 3.51. The van der Waals surface area contributed by atoms with Gasteiger partial charge in [0, 0.05) is 18.2 Å². The number of carbonyl (C=O) groups is 1. The second kappa shape index (κ2) is 4.85. The van der Waals surface area contributed by atoms with Crippen molar-refractivity contribution in [2.75, 3.05) is 6.54 Å². The molecule has 0 aromatic heterocycles. The van der Waals surface area contributed by atoms with Crippen LogP contribution in [0.2, 0.25) is 0 Å². The first-order chi connectivity index (χ1) is 9.16. The molecule has 0 radical (unpaired) electrons. The van der Waals surface area contributed by atoms with Crippen LogP contribution in [0.5, 0.6) is 5.75 Å². The molecule has 0 bridgehead atoms. The summed E-state index contributed by atoms with van der Waals surface area (Å²) in [5, 5.41) is 22.5. The van der Waals surface area contributed by atoms with Gasteiger partial charge in [-0.2, -0.15) is 0 Å². The molecule has 2 atom stereocenters. The molecule has 19 heavy (non-hydrogen) atoms. The molecule has 1 aliphatic carbocycles. The normalized spacial score (nSPS) is 26.1. The molecule has 4 heteroatoms. The number of hydrogen-bond donors (Lipinski definition) is 3. The molecule has 0 saturated carbocycles. The molecular weight excluding hydrogens is 242 g/mol. The van der Waals surface area contributed by atoms with Gasteiger partial charge in [0.05, 0.1) is 5.92 Å². The number of fused-ring (bicyclic) bond motifs is 1. The molecule has 1 heterocycles. The monoisotopic (exact) mass is 261 g/mol. The Morgan fingerprint density at radius 1 is 1.26 bits per heavy atom. The van der Waals surface area contributed by atoms with Gasteiger partial charge in [-0.25, -0.2) is 0 Å². The maximum absolute atomic E-state index is 11.0. The molecular formula is C15H19NO3. The van der Waals surface area contributed by atoms with Gasteiger partial charge >= 0.3 is 5.97 Å². The molecule has 1 aliphatic heterocycles. The van der Waals surface area contributed by atoms with Crippen LogP contribution in [0.3, 0.4) is 0 Å². The van der Waals surface area contributed by atoms with E-state index in [9.17, 15) is 9.90 Å². The molecule has 2 aliphatic rings. The van der Waals surface area contributed by atoms with Gasteiger partial charge in [0.2, 0.25) is 0 Å². The smallest absolute Gasteiger partial charge is 0.307 e. The number of carboxylic acids is 1. The van der Waals surface area contributed by atoms with Crippen molar-refractivity contribution < 1.29 is 15.0 Å². The van der Waals surface area contributed by atoms with Crippen LogP contribution in [0.15, 0.2) is 12.1 Å². The lowest BCUT2D eigenvalue weighted by molar-refractivity contribution is -0.141. The third kappa shape index (κ3) is 2.21. The lowest BCUT2D eigenvalue weighted by Crippen LogP contribution is -2.18. The van der Waals surface area contributed by atoms with Gasteiger partial charge in [0.15, 0.2) is 0 Å². The van der Waals surface area contributed by atoms with Crippen molar-refractivity contribution in [2.24, 2.45) is 5.92 Å². The van der Waals surface area contributed by atoms with Crippen molar-refractivity contribution in [3.05, 3.63) is 28.8 Å². The van der Waals surface area contributed by atoms with Crippen molar-refractivity contribution in [3.63, 3.8) is 0 Å². The maximum atomic E-state index is 11.0.